The predicted octanol–water partition coefficient (Wildman–Crippen LogP) is 2.61. The molecule has 2 fully saturated rings. The zero-order chi connectivity index (χ0) is 24.8. The number of hydrogen-bond donors (Lipinski definition) is 0. The number of hydrogen-bond acceptors (Lipinski definition) is 6. The van der Waals surface area contributed by atoms with E-state index in [1.54, 1.807) is 41.6 Å². The highest BCUT2D eigenvalue weighted by atomic mass is 32.2. The predicted molar refractivity (Wildman–Crippen MR) is 132 cm³/mol. The molecule has 0 atom stereocenters. The van der Waals surface area contributed by atoms with Crippen molar-refractivity contribution in [2.45, 2.75) is 31.2 Å². The molecule has 9 heteroatoms. The van der Waals surface area contributed by atoms with Crippen LogP contribution in [0.3, 0.4) is 0 Å². The normalized spacial score (nSPS) is 18.4. The van der Waals surface area contributed by atoms with Gasteiger partial charge in [-0.05, 0) is 49.6 Å². The van der Waals surface area contributed by atoms with Gasteiger partial charge in [-0.15, -0.1) is 0 Å². The molecule has 0 N–H and O–H groups in total. The van der Waals surface area contributed by atoms with Gasteiger partial charge in [0.15, 0.2) is 0 Å². The number of likely N-dealkylation sites (tertiary alicyclic amines) is 1. The van der Waals surface area contributed by atoms with Crippen LogP contribution in [-0.2, 0) is 26.1 Å². The van der Waals surface area contributed by atoms with Crippen molar-refractivity contribution < 1.29 is 22.7 Å². The number of ether oxygens (including phenoxy) is 1. The molecule has 2 heterocycles. The van der Waals surface area contributed by atoms with Crippen molar-refractivity contribution in [3.63, 3.8) is 0 Å². The van der Waals surface area contributed by atoms with Crippen molar-refractivity contribution in [1.82, 2.24) is 14.1 Å². The second kappa shape index (κ2) is 11.3. The second-order valence-electron chi connectivity index (χ2n) is 9.01. The Morgan fingerprint density at radius 1 is 0.914 bits per heavy atom. The van der Waals surface area contributed by atoms with Crippen molar-refractivity contribution >= 4 is 21.9 Å². The summed E-state index contributed by atoms with van der Waals surface area (Å²) in [5.41, 5.74) is 1.67. The monoisotopic (exact) mass is 499 g/mol. The maximum Gasteiger partial charge on any atom is 0.309 e. The number of piperidine rings is 1. The standard InChI is InChI=1S/C26H33N3O5S/c1-2-34-26(31)22-11-13-28(14-12-22)25(30)23-8-6-7-21(19-23)20-27-15-17-29(18-16-27)35(32,33)24-9-4-3-5-10-24/h3-10,19,22H,2,11-18,20H2,1H3. The van der Waals surface area contributed by atoms with Crippen LogP contribution in [0, 0.1) is 5.92 Å². The lowest BCUT2D eigenvalue weighted by Crippen LogP contribution is -2.48. The average molecular weight is 500 g/mol. The lowest BCUT2D eigenvalue weighted by atomic mass is 9.96. The fourth-order valence-electron chi connectivity index (χ4n) is 4.69. The number of nitrogens with zero attached hydrogens (tertiary/aromatic N) is 3. The van der Waals surface area contributed by atoms with Gasteiger partial charge in [0.25, 0.3) is 5.91 Å². The molecule has 0 unspecified atom stereocenters. The van der Waals surface area contributed by atoms with E-state index in [2.05, 4.69) is 4.90 Å². The highest BCUT2D eigenvalue weighted by Gasteiger charge is 2.30. The molecule has 35 heavy (non-hydrogen) atoms. The molecular weight excluding hydrogens is 466 g/mol. The highest BCUT2D eigenvalue weighted by Crippen LogP contribution is 2.22. The van der Waals surface area contributed by atoms with Gasteiger partial charge in [0.1, 0.15) is 0 Å². The third-order valence-corrected chi connectivity index (χ3v) is 8.61. The van der Waals surface area contributed by atoms with Gasteiger partial charge in [-0.2, -0.15) is 4.31 Å². The van der Waals surface area contributed by atoms with E-state index in [0.717, 1.165) is 5.56 Å². The highest BCUT2D eigenvalue weighted by molar-refractivity contribution is 7.89. The third kappa shape index (κ3) is 6.09. The number of piperazine rings is 1. The number of esters is 1. The van der Waals surface area contributed by atoms with Gasteiger partial charge < -0.3 is 9.64 Å². The van der Waals surface area contributed by atoms with Gasteiger partial charge >= 0.3 is 5.97 Å². The van der Waals surface area contributed by atoms with Crippen LogP contribution in [0.4, 0.5) is 0 Å². The van der Waals surface area contributed by atoms with E-state index in [1.807, 2.05) is 29.2 Å². The first-order valence-electron chi connectivity index (χ1n) is 12.2. The summed E-state index contributed by atoms with van der Waals surface area (Å²) in [6.45, 7) is 6.06. The van der Waals surface area contributed by atoms with Crippen molar-refractivity contribution in [1.29, 1.82) is 0 Å². The van der Waals surface area contributed by atoms with Gasteiger partial charge in [0.05, 0.1) is 17.4 Å². The number of rotatable bonds is 7. The van der Waals surface area contributed by atoms with E-state index in [-0.39, 0.29) is 17.8 Å². The van der Waals surface area contributed by atoms with Crippen LogP contribution in [0.15, 0.2) is 59.5 Å². The summed E-state index contributed by atoms with van der Waals surface area (Å²) in [7, 11) is -3.47. The van der Waals surface area contributed by atoms with Crippen LogP contribution in [0.1, 0.15) is 35.7 Å². The quantitative estimate of drug-likeness (QED) is 0.545. The first-order valence-corrected chi connectivity index (χ1v) is 13.6. The smallest absolute Gasteiger partial charge is 0.309 e. The van der Waals surface area contributed by atoms with Gasteiger partial charge in [-0.3, -0.25) is 14.5 Å². The first-order chi connectivity index (χ1) is 16.9. The lowest BCUT2D eigenvalue weighted by Gasteiger charge is -2.34. The Balaban J connectivity index is 1.31. The molecule has 188 valence electrons. The van der Waals surface area contributed by atoms with Crippen LogP contribution in [0.25, 0.3) is 0 Å². The molecule has 2 aliphatic heterocycles. The van der Waals surface area contributed by atoms with E-state index >= 15 is 0 Å². The van der Waals surface area contributed by atoms with Crippen LogP contribution in [0.2, 0.25) is 0 Å². The molecule has 0 radical (unpaired) electrons. The van der Waals surface area contributed by atoms with E-state index < -0.39 is 10.0 Å². The summed E-state index contributed by atoms with van der Waals surface area (Å²) in [5.74, 6) is -0.319. The summed E-state index contributed by atoms with van der Waals surface area (Å²) in [5, 5.41) is 0. The Morgan fingerprint density at radius 3 is 2.26 bits per heavy atom. The molecule has 0 spiro atoms. The van der Waals surface area contributed by atoms with Crippen LogP contribution >= 0.6 is 0 Å². The SMILES string of the molecule is CCOC(=O)C1CCN(C(=O)c2cccc(CN3CCN(S(=O)(=O)c4ccccc4)CC3)c2)CC1. The molecule has 8 nitrogen and oxygen atoms in total. The lowest BCUT2D eigenvalue weighted by molar-refractivity contribution is -0.149. The maximum atomic E-state index is 13.1. The summed E-state index contributed by atoms with van der Waals surface area (Å²) in [4.78, 5) is 29.4. The molecule has 0 saturated carbocycles. The molecular formula is C26H33N3O5S. The number of benzene rings is 2. The number of sulfonamides is 1. The van der Waals surface area contributed by atoms with Crippen molar-refractivity contribution in [2.24, 2.45) is 5.92 Å². The Kier molecular flexibility index (Phi) is 8.20. The summed E-state index contributed by atoms with van der Waals surface area (Å²) in [6.07, 6.45) is 1.25. The topological polar surface area (TPSA) is 87.2 Å². The van der Waals surface area contributed by atoms with Gasteiger partial charge in [-0.25, -0.2) is 8.42 Å². The van der Waals surface area contributed by atoms with E-state index in [1.165, 1.54) is 0 Å². The van der Waals surface area contributed by atoms with Gasteiger partial charge in [0, 0.05) is 51.4 Å². The molecule has 0 aromatic heterocycles. The Labute approximate surface area is 207 Å². The fourth-order valence-corrected chi connectivity index (χ4v) is 6.13. The van der Waals surface area contributed by atoms with Crippen molar-refractivity contribution in [3.8, 4) is 0 Å². The van der Waals surface area contributed by atoms with Gasteiger partial charge in [-0.1, -0.05) is 30.3 Å². The minimum absolute atomic E-state index is 0.0204. The summed E-state index contributed by atoms with van der Waals surface area (Å²) < 4.78 is 32.4. The average Bonchev–Trinajstić information content (AvgIpc) is 2.89. The largest absolute Gasteiger partial charge is 0.466 e. The molecule has 2 aliphatic rings. The molecule has 4 rings (SSSR count). The van der Waals surface area contributed by atoms with Gasteiger partial charge in [0.2, 0.25) is 10.0 Å². The maximum absolute atomic E-state index is 13.1. The Hall–Kier alpha value is -2.75. The molecule has 2 aromatic carbocycles. The Morgan fingerprint density at radius 2 is 1.60 bits per heavy atom. The van der Waals surface area contributed by atoms with Crippen LogP contribution < -0.4 is 0 Å². The molecule has 2 aromatic rings. The van der Waals surface area contributed by atoms with Crippen molar-refractivity contribution in [3.05, 3.63) is 65.7 Å². The van der Waals surface area contributed by atoms with Crippen molar-refractivity contribution in [2.75, 3.05) is 45.9 Å². The minimum atomic E-state index is -3.47. The summed E-state index contributed by atoms with van der Waals surface area (Å²) >= 11 is 0. The molecule has 0 aliphatic carbocycles. The van der Waals surface area contributed by atoms with E-state index in [9.17, 15) is 18.0 Å². The number of carbonyl (C=O) groups is 2. The second-order valence-corrected chi connectivity index (χ2v) is 11.0. The van der Waals surface area contributed by atoms with Crippen LogP contribution in [-0.4, -0.2) is 80.3 Å². The zero-order valence-electron chi connectivity index (χ0n) is 20.1. The number of carbonyl (C=O) groups excluding carboxylic acids is 2. The molecule has 1 amide bonds. The molecule has 0 bridgehead atoms. The van der Waals surface area contributed by atoms with Crippen LogP contribution in [0.5, 0.6) is 0 Å². The third-order valence-electron chi connectivity index (χ3n) is 6.69. The van der Waals surface area contributed by atoms with E-state index in [0.29, 0.717) is 75.7 Å². The number of amides is 1. The minimum Gasteiger partial charge on any atom is -0.466 e. The fraction of sp³-hybridized carbons (Fsp3) is 0.462. The first kappa shape index (κ1) is 25.3. The summed E-state index contributed by atoms with van der Waals surface area (Å²) in [6, 6.07) is 16.2. The Bertz CT molecular complexity index is 1120. The molecule has 2 saturated heterocycles. The zero-order valence-corrected chi connectivity index (χ0v) is 21.0. The van der Waals surface area contributed by atoms with E-state index in [4.69, 9.17) is 4.74 Å².